The highest BCUT2D eigenvalue weighted by atomic mass is 32.1. The highest BCUT2D eigenvalue weighted by molar-refractivity contribution is 7.19. The number of hydrogen-bond donors (Lipinski definition) is 1. The summed E-state index contributed by atoms with van der Waals surface area (Å²) in [4.78, 5) is 32.2. The van der Waals surface area contributed by atoms with E-state index in [1.807, 2.05) is 66.5 Å². The van der Waals surface area contributed by atoms with Gasteiger partial charge in [-0.15, -0.1) is 11.3 Å². The number of amides is 1. The Morgan fingerprint density at radius 1 is 1.21 bits per heavy atom. The smallest absolute Gasteiger partial charge is 0.246 e. The van der Waals surface area contributed by atoms with Crippen LogP contribution in [0.3, 0.4) is 0 Å². The van der Waals surface area contributed by atoms with Gasteiger partial charge < -0.3 is 19.9 Å². The van der Waals surface area contributed by atoms with E-state index in [2.05, 4.69) is 32.4 Å². The highest BCUT2D eigenvalue weighted by Crippen LogP contribution is 2.38. The largest absolute Gasteiger partial charge is 0.374 e. The van der Waals surface area contributed by atoms with Crippen molar-refractivity contribution < 1.29 is 9.53 Å². The summed E-state index contributed by atoms with van der Waals surface area (Å²) in [7, 11) is 3.97. The summed E-state index contributed by atoms with van der Waals surface area (Å²) in [6.45, 7) is 2.97. The lowest BCUT2D eigenvalue weighted by Gasteiger charge is -2.26. The summed E-state index contributed by atoms with van der Waals surface area (Å²) in [5.41, 5.74) is 3.39. The average Bonchev–Trinajstić information content (AvgIpc) is 3.32. The second kappa shape index (κ2) is 12.3. The monoisotopic (exact) mass is 528 g/mol. The van der Waals surface area contributed by atoms with Gasteiger partial charge in [-0.2, -0.15) is 0 Å². The minimum absolute atomic E-state index is 0.0503. The van der Waals surface area contributed by atoms with E-state index in [9.17, 15) is 4.79 Å². The summed E-state index contributed by atoms with van der Waals surface area (Å²) in [6.07, 6.45) is 9.56. The molecule has 0 saturated carbocycles. The normalized spacial score (nSPS) is 14.2. The number of thiophene rings is 1. The topological polar surface area (TPSA) is 83.5 Å². The van der Waals surface area contributed by atoms with Crippen LogP contribution < -0.4 is 5.32 Å². The molecule has 0 saturated heterocycles. The van der Waals surface area contributed by atoms with Gasteiger partial charge in [-0.1, -0.05) is 42.5 Å². The molecule has 1 atom stereocenters. The number of benzene rings is 1. The third kappa shape index (κ3) is 6.24. The molecular weight excluding hydrogens is 496 g/mol. The van der Waals surface area contributed by atoms with Crippen molar-refractivity contribution in [3.05, 3.63) is 94.9 Å². The summed E-state index contributed by atoms with van der Waals surface area (Å²) >= 11 is 1.65. The fraction of sp³-hybridized carbons (Fsp3) is 0.310. The molecule has 1 aromatic carbocycles. The number of aromatic nitrogens is 3. The third-order valence-corrected chi connectivity index (χ3v) is 7.59. The van der Waals surface area contributed by atoms with Gasteiger partial charge in [0.25, 0.3) is 0 Å². The molecule has 1 N–H and O–H groups in total. The third-order valence-electron chi connectivity index (χ3n) is 6.47. The Kier molecular flexibility index (Phi) is 8.37. The summed E-state index contributed by atoms with van der Waals surface area (Å²) < 4.78 is 6.11. The zero-order valence-corrected chi connectivity index (χ0v) is 22.5. The molecule has 4 heterocycles. The Labute approximate surface area is 227 Å². The number of nitrogens with one attached hydrogen (secondary N) is 1. The second-order valence-electron chi connectivity index (χ2n) is 9.56. The van der Waals surface area contributed by atoms with Gasteiger partial charge in [-0.3, -0.25) is 9.78 Å². The number of carbonyl (C=O) groups excluding carboxylic acids is 1. The Morgan fingerprint density at radius 2 is 2.08 bits per heavy atom. The van der Waals surface area contributed by atoms with Crippen LogP contribution in [0, 0.1) is 0 Å². The molecule has 0 bridgehead atoms. The molecule has 1 amide bonds. The van der Waals surface area contributed by atoms with E-state index in [4.69, 9.17) is 4.74 Å². The first-order valence-corrected chi connectivity index (χ1v) is 13.5. The first-order chi connectivity index (χ1) is 18.6. The molecule has 0 spiro atoms. The molecule has 0 aliphatic carbocycles. The zero-order chi connectivity index (χ0) is 26.3. The van der Waals surface area contributed by atoms with Crippen molar-refractivity contribution in [2.75, 3.05) is 39.1 Å². The van der Waals surface area contributed by atoms with Gasteiger partial charge in [-0.05, 0) is 43.3 Å². The fourth-order valence-electron chi connectivity index (χ4n) is 4.54. The molecule has 0 unspecified atom stereocenters. The molecule has 8 nitrogen and oxygen atoms in total. The van der Waals surface area contributed by atoms with Gasteiger partial charge in [0.1, 0.15) is 17.0 Å². The fourth-order valence-corrected chi connectivity index (χ4v) is 5.75. The Morgan fingerprint density at radius 3 is 2.87 bits per heavy atom. The van der Waals surface area contributed by atoms with Crippen molar-refractivity contribution in [3.63, 3.8) is 0 Å². The molecule has 9 heteroatoms. The van der Waals surface area contributed by atoms with Crippen LogP contribution in [0.5, 0.6) is 0 Å². The van der Waals surface area contributed by atoms with Gasteiger partial charge in [0.2, 0.25) is 5.91 Å². The minimum atomic E-state index is -0.0926. The number of fused-ring (bicyclic) bond motifs is 3. The van der Waals surface area contributed by atoms with Crippen LogP contribution in [-0.4, -0.2) is 64.5 Å². The first-order valence-electron chi connectivity index (χ1n) is 12.7. The molecule has 1 aliphatic heterocycles. The molecule has 3 aromatic heterocycles. The molecule has 0 fully saturated rings. The Bertz CT molecular complexity index is 1390. The highest BCUT2D eigenvalue weighted by Gasteiger charge is 2.26. The molecule has 196 valence electrons. The molecule has 5 rings (SSSR count). The number of likely N-dealkylation sites (N-methyl/N-ethyl adjacent to an activating group) is 1. The number of carbonyl (C=O) groups is 1. The van der Waals surface area contributed by atoms with E-state index >= 15 is 0 Å². The zero-order valence-electron chi connectivity index (χ0n) is 21.7. The number of nitrogens with zero attached hydrogens (tertiary/aromatic N) is 5. The van der Waals surface area contributed by atoms with Crippen LogP contribution in [0.2, 0.25) is 0 Å². The quantitative estimate of drug-likeness (QED) is 0.304. The summed E-state index contributed by atoms with van der Waals surface area (Å²) in [6, 6.07) is 14.1. The van der Waals surface area contributed by atoms with Crippen LogP contribution in [-0.2, 0) is 29.1 Å². The number of hydrogen-bond acceptors (Lipinski definition) is 8. The number of anilines is 1. The standard InChI is InChI=1S/C29H32N6O2S/c1-34(2)14-7-11-26(36)35-15-12-23-25(17-35)38-29-27(23)28(31-20-32-29)33-24(22-9-4-3-5-10-22)19-37-18-21-8-6-13-30-16-21/h3-11,13,16,20,24H,12,14-15,17-19H2,1-2H3,(H,31,32,33)/b11-7+/t24-/m1/s1. The number of pyridine rings is 1. The van der Waals surface area contributed by atoms with Crippen molar-refractivity contribution in [3.8, 4) is 0 Å². The van der Waals surface area contributed by atoms with Crippen molar-refractivity contribution in [2.45, 2.75) is 25.6 Å². The number of ether oxygens (including phenoxy) is 1. The van der Waals surface area contributed by atoms with Crippen molar-refractivity contribution >= 4 is 33.3 Å². The van der Waals surface area contributed by atoms with Crippen molar-refractivity contribution in [1.82, 2.24) is 24.8 Å². The van der Waals surface area contributed by atoms with E-state index in [1.54, 1.807) is 29.9 Å². The lowest BCUT2D eigenvalue weighted by Crippen LogP contribution is -2.34. The number of rotatable bonds is 10. The Balaban J connectivity index is 1.35. The van der Waals surface area contributed by atoms with Crippen LogP contribution in [0.4, 0.5) is 5.82 Å². The van der Waals surface area contributed by atoms with Gasteiger partial charge in [-0.25, -0.2) is 9.97 Å². The Hall–Kier alpha value is -3.66. The van der Waals surface area contributed by atoms with E-state index in [1.165, 1.54) is 10.4 Å². The molecule has 1 aliphatic rings. The van der Waals surface area contributed by atoms with E-state index in [-0.39, 0.29) is 11.9 Å². The van der Waals surface area contributed by atoms with Crippen LogP contribution >= 0.6 is 11.3 Å². The van der Waals surface area contributed by atoms with Gasteiger partial charge in [0.05, 0.1) is 31.2 Å². The second-order valence-corrected chi connectivity index (χ2v) is 10.6. The van der Waals surface area contributed by atoms with Crippen LogP contribution in [0.1, 0.15) is 27.6 Å². The molecular formula is C29H32N6O2S. The summed E-state index contributed by atoms with van der Waals surface area (Å²) in [5.74, 6) is 0.853. The van der Waals surface area contributed by atoms with Crippen LogP contribution in [0.15, 0.2) is 73.3 Å². The van der Waals surface area contributed by atoms with Gasteiger partial charge >= 0.3 is 0 Å². The maximum Gasteiger partial charge on any atom is 0.246 e. The summed E-state index contributed by atoms with van der Waals surface area (Å²) in [5, 5.41) is 4.70. The van der Waals surface area contributed by atoms with Gasteiger partial charge in [0.15, 0.2) is 0 Å². The maximum atomic E-state index is 12.7. The van der Waals surface area contributed by atoms with Gasteiger partial charge in [0, 0.05) is 36.4 Å². The van der Waals surface area contributed by atoms with Crippen molar-refractivity contribution in [1.29, 1.82) is 0 Å². The molecule has 0 radical (unpaired) electrons. The predicted octanol–water partition coefficient (Wildman–Crippen LogP) is 4.46. The first kappa shape index (κ1) is 26.0. The maximum absolute atomic E-state index is 12.7. The van der Waals surface area contributed by atoms with E-state index in [0.717, 1.165) is 40.1 Å². The van der Waals surface area contributed by atoms with E-state index < -0.39 is 0 Å². The predicted molar refractivity (Wildman–Crippen MR) is 151 cm³/mol. The average molecular weight is 529 g/mol. The lowest BCUT2D eigenvalue weighted by atomic mass is 10.0. The minimum Gasteiger partial charge on any atom is -0.374 e. The lowest BCUT2D eigenvalue weighted by molar-refractivity contribution is -0.126. The van der Waals surface area contributed by atoms with Crippen LogP contribution in [0.25, 0.3) is 10.2 Å². The molecule has 38 heavy (non-hydrogen) atoms. The van der Waals surface area contributed by atoms with E-state index in [0.29, 0.717) is 26.3 Å². The van der Waals surface area contributed by atoms with Crippen molar-refractivity contribution in [2.24, 2.45) is 0 Å². The SMILES string of the molecule is CN(C)C/C=C/C(=O)N1CCc2c(sc3ncnc(N[C@H](COCc4cccnc4)c4ccccc4)c23)C1. The molecule has 4 aromatic rings.